The number of nitrogens with two attached hydrogens (primary N) is 2. The minimum absolute atomic E-state index is 0.409. The second-order valence-corrected chi connectivity index (χ2v) is 4.16. The lowest BCUT2D eigenvalue weighted by atomic mass is 10.1. The van der Waals surface area contributed by atoms with Crippen LogP contribution in [0.3, 0.4) is 0 Å². The zero-order chi connectivity index (χ0) is 11.7. The van der Waals surface area contributed by atoms with E-state index in [1.165, 1.54) is 12.8 Å². The standard InChI is InChI=1S/C12H17N3O/c1-2-15(9-4-5-9)11-7-8(12(14)16)3-6-10(11)13/h3,6-7,9H,2,4-5,13H2,1H3,(H2,14,16). The number of rotatable bonds is 4. The predicted octanol–water partition coefficient (Wildman–Crippen LogP) is 1.36. The van der Waals surface area contributed by atoms with Gasteiger partial charge in [0.25, 0.3) is 0 Å². The van der Waals surface area contributed by atoms with Crippen molar-refractivity contribution in [3.8, 4) is 0 Å². The Bertz CT molecular complexity index is 413. The van der Waals surface area contributed by atoms with Crippen LogP contribution in [0.1, 0.15) is 30.1 Å². The third-order valence-electron chi connectivity index (χ3n) is 2.95. The monoisotopic (exact) mass is 219 g/mol. The minimum atomic E-state index is -0.409. The first kappa shape index (κ1) is 10.8. The number of hydrogen-bond acceptors (Lipinski definition) is 3. The molecule has 16 heavy (non-hydrogen) atoms. The van der Waals surface area contributed by atoms with Gasteiger partial charge in [-0.15, -0.1) is 0 Å². The van der Waals surface area contributed by atoms with Gasteiger partial charge in [-0.1, -0.05) is 0 Å². The van der Waals surface area contributed by atoms with Crippen molar-refractivity contribution < 1.29 is 4.79 Å². The van der Waals surface area contributed by atoms with Gasteiger partial charge in [-0.25, -0.2) is 0 Å². The molecule has 86 valence electrons. The van der Waals surface area contributed by atoms with Crippen LogP contribution in [0.25, 0.3) is 0 Å². The molecule has 0 bridgehead atoms. The molecule has 4 N–H and O–H groups in total. The number of carbonyl (C=O) groups excluding carboxylic acids is 1. The van der Waals surface area contributed by atoms with Crippen LogP contribution in [-0.4, -0.2) is 18.5 Å². The topological polar surface area (TPSA) is 72.3 Å². The molecule has 4 heteroatoms. The molecule has 0 aromatic heterocycles. The average Bonchev–Trinajstić information content (AvgIpc) is 3.05. The predicted molar refractivity (Wildman–Crippen MR) is 65.4 cm³/mol. The Labute approximate surface area is 95.2 Å². The molecule has 0 heterocycles. The van der Waals surface area contributed by atoms with Gasteiger partial charge in [0.05, 0.1) is 11.4 Å². The zero-order valence-corrected chi connectivity index (χ0v) is 9.44. The maximum absolute atomic E-state index is 11.1. The van der Waals surface area contributed by atoms with E-state index in [2.05, 4.69) is 11.8 Å². The van der Waals surface area contributed by atoms with Crippen LogP contribution in [0.4, 0.5) is 11.4 Å². The Kier molecular flexibility index (Phi) is 2.73. The van der Waals surface area contributed by atoms with Crippen molar-refractivity contribution >= 4 is 17.3 Å². The highest BCUT2D eigenvalue weighted by Gasteiger charge is 2.29. The molecule has 0 spiro atoms. The number of primary amides is 1. The summed E-state index contributed by atoms with van der Waals surface area (Å²) in [6.45, 7) is 2.99. The van der Waals surface area contributed by atoms with Gasteiger partial charge in [-0.2, -0.15) is 0 Å². The van der Waals surface area contributed by atoms with Crippen LogP contribution < -0.4 is 16.4 Å². The van der Waals surface area contributed by atoms with Crippen LogP contribution >= 0.6 is 0 Å². The molecule has 1 fully saturated rings. The van der Waals surface area contributed by atoms with Crippen molar-refractivity contribution in [2.75, 3.05) is 17.2 Å². The highest BCUT2D eigenvalue weighted by atomic mass is 16.1. The Hall–Kier alpha value is -1.71. The average molecular weight is 219 g/mol. The number of nitrogens with zero attached hydrogens (tertiary/aromatic N) is 1. The number of carbonyl (C=O) groups is 1. The van der Waals surface area contributed by atoms with Crippen LogP contribution in [-0.2, 0) is 0 Å². The van der Waals surface area contributed by atoms with Gasteiger partial charge in [0.2, 0.25) is 5.91 Å². The van der Waals surface area contributed by atoms with Gasteiger partial charge >= 0.3 is 0 Å². The van der Waals surface area contributed by atoms with Crippen LogP contribution in [0.15, 0.2) is 18.2 Å². The van der Waals surface area contributed by atoms with Gasteiger partial charge in [0.1, 0.15) is 0 Å². The fourth-order valence-corrected chi connectivity index (χ4v) is 1.96. The van der Waals surface area contributed by atoms with E-state index in [-0.39, 0.29) is 0 Å². The molecule has 1 amide bonds. The molecule has 1 aromatic rings. The molecule has 0 aliphatic heterocycles. The van der Waals surface area contributed by atoms with Crippen molar-refractivity contribution in [2.24, 2.45) is 5.73 Å². The third-order valence-corrected chi connectivity index (χ3v) is 2.95. The van der Waals surface area contributed by atoms with Crippen molar-refractivity contribution in [3.63, 3.8) is 0 Å². The summed E-state index contributed by atoms with van der Waals surface area (Å²) in [6.07, 6.45) is 2.40. The van der Waals surface area contributed by atoms with Crippen LogP contribution in [0.5, 0.6) is 0 Å². The highest BCUT2D eigenvalue weighted by Crippen LogP contribution is 2.34. The molecule has 1 aliphatic rings. The maximum atomic E-state index is 11.1. The van der Waals surface area contributed by atoms with Gasteiger partial charge < -0.3 is 16.4 Å². The smallest absolute Gasteiger partial charge is 0.248 e. The molecular weight excluding hydrogens is 202 g/mol. The van der Waals surface area contributed by atoms with E-state index in [1.807, 2.05) is 0 Å². The van der Waals surface area contributed by atoms with E-state index in [0.717, 1.165) is 12.2 Å². The summed E-state index contributed by atoms with van der Waals surface area (Å²) in [7, 11) is 0. The first-order chi connectivity index (χ1) is 7.63. The SMILES string of the molecule is CCN(c1cc(C(N)=O)ccc1N)C1CC1. The number of anilines is 2. The molecule has 0 atom stereocenters. The molecule has 0 radical (unpaired) electrons. The van der Waals surface area contributed by atoms with Crippen molar-refractivity contribution in [2.45, 2.75) is 25.8 Å². The van der Waals surface area contributed by atoms with E-state index < -0.39 is 5.91 Å². The molecule has 2 rings (SSSR count). The molecule has 1 aliphatic carbocycles. The van der Waals surface area contributed by atoms with Crippen molar-refractivity contribution in [1.82, 2.24) is 0 Å². The number of benzene rings is 1. The Balaban J connectivity index is 2.36. The maximum Gasteiger partial charge on any atom is 0.248 e. The van der Waals surface area contributed by atoms with Gasteiger partial charge in [0.15, 0.2) is 0 Å². The summed E-state index contributed by atoms with van der Waals surface area (Å²) in [5, 5.41) is 0. The minimum Gasteiger partial charge on any atom is -0.397 e. The van der Waals surface area contributed by atoms with Gasteiger partial charge in [-0.05, 0) is 38.0 Å². The van der Waals surface area contributed by atoms with Crippen LogP contribution in [0.2, 0.25) is 0 Å². The van der Waals surface area contributed by atoms with E-state index in [1.54, 1.807) is 18.2 Å². The largest absolute Gasteiger partial charge is 0.397 e. The summed E-state index contributed by atoms with van der Waals surface area (Å²) in [5.41, 5.74) is 13.4. The second-order valence-electron chi connectivity index (χ2n) is 4.16. The molecule has 1 saturated carbocycles. The zero-order valence-electron chi connectivity index (χ0n) is 9.44. The van der Waals surface area contributed by atoms with E-state index in [4.69, 9.17) is 11.5 Å². The molecule has 1 aromatic carbocycles. The number of nitrogen functional groups attached to an aromatic ring is 1. The highest BCUT2D eigenvalue weighted by molar-refractivity contribution is 5.95. The Morgan fingerprint density at radius 3 is 2.69 bits per heavy atom. The number of hydrogen-bond donors (Lipinski definition) is 2. The van der Waals surface area contributed by atoms with Crippen LogP contribution in [0, 0.1) is 0 Å². The summed E-state index contributed by atoms with van der Waals surface area (Å²) in [4.78, 5) is 13.4. The lowest BCUT2D eigenvalue weighted by Crippen LogP contribution is -2.26. The number of amides is 1. The van der Waals surface area contributed by atoms with Gasteiger partial charge in [0, 0.05) is 18.2 Å². The molecule has 0 unspecified atom stereocenters. The quantitative estimate of drug-likeness (QED) is 0.751. The Morgan fingerprint density at radius 2 is 2.19 bits per heavy atom. The van der Waals surface area contributed by atoms with Crippen molar-refractivity contribution in [1.29, 1.82) is 0 Å². The lowest BCUT2D eigenvalue weighted by Gasteiger charge is -2.24. The third kappa shape index (κ3) is 1.96. The Morgan fingerprint density at radius 1 is 1.50 bits per heavy atom. The fourth-order valence-electron chi connectivity index (χ4n) is 1.96. The molecular formula is C12H17N3O. The molecule has 4 nitrogen and oxygen atoms in total. The summed E-state index contributed by atoms with van der Waals surface area (Å²) < 4.78 is 0. The fraction of sp³-hybridized carbons (Fsp3) is 0.417. The van der Waals surface area contributed by atoms with Crippen molar-refractivity contribution in [3.05, 3.63) is 23.8 Å². The lowest BCUT2D eigenvalue weighted by molar-refractivity contribution is 0.100. The van der Waals surface area contributed by atoms with E-state index in [9.17, 15) is 4.79 Å². The normalized spacial score (nSPS) is 14.8. The molecule has 0 saturated heterocycles. The first-order valence-corrected chi connectivity index (χ1v) is 5.59. The summed E-state index contributed by atoms with van der Waals surface area (Å²) in [6, 6.07) is 5.79. The van der Waals surface area contributed by atoms with E-state index >= 15 is 0 Å². The second kappa shape index (κ2) is 4.04. The summed E-state index contributed by atoms with van der Waals surface area (Å²) >= 11 is 0. The van der Waals surface area contributed by atoms with Gasteiger partial charge in [-0.3, -0.25) is 4.79 Å². The van der Waals surface area contributed by atoms with E-state index in [0.29, 0.717) is 17.3 Å². The summed E-state index contributed by atoms with van der Waals surface area (Å²) in [5.74, 6) is -0.409. The first-order valence-electron chi connectivity index (χ1n) is 5.59.